The van der Waals surface area contributed by atoms with Gasteiger partial charge in [-0.05, 0) is 18.8 Å². The van der Waals surface area contributed by atoms with Crippen LogP contribution < -0.4 is 5.32 Å². The van der Waals surface area contributed by atoms with Crippen LogP contribution in [0.25, 0.3) is 0 Å². The molecule has 0 aromatic carbocycles. The maximum atomic E-state index is 3.99. The average Bonchev–Trinajstić information content (AvgIpc) is 2.69. The maximum Gasteiger partial charge on any atom is 0.205 e. The molecular formula is C9H11N3S. The smallest absolute Gasteiger partial charge is 0.205 e. The number of anilines is 1. The summed E-state index contributed by atoms with van der Waals surface area (Å²) in [6, 6.07) is 0.608. The molecule has 3 nitrogen and oxygen atoms in total. The van der Waals surface area contributed by atoms with Gasteiger partial charge in [0.1, 0.15) is 5.51 Å². The van der Waals surface area contributed by atoms with Crippen molar-refractivity contribution in [2.24, 2.45) is 11.8 Å². The molecule has 0 spiro atoms. The van der Waals surface area contributed by atoms with Gasteiger partial charge in [-0.15, -0.1) is 10.2 Å². The highest BCUT2D eigenvalue weighted by Crippen LogP contribution is 2.44. The van der Waals surface area contributed by atoms with Gasteiger partial charge in [0.25, 0.3) is 0 Å². The van der Waals surface area contributed by atoms with Crippen LogP contribution in [0, 0.1) is 11.8 Å². The minimum absolute atomic E-state index is 0.608. The summed E-state index contributed by atoms with van der Waals surface area (Å²) >= 11 is 1.58. The Hall–Kier alpha value is -0.900. The van der Waals surface area contributed by atoms with E-state index >= 15 is 0 Å². The third kappa shape index (κ3) is 1.16. The van der Waals surface area contributed by atoms with Gasteiger partial charge in [-0.25, -0.2) is 0 Å². The Bertz CT molecular complexity index is 320. The van der Waals surface area contributed by atoms with E-state index in [0.29, 0.717) is 6.04 Å². The van der Waals surface area contributed by atoms with Crippen LogP contribution in [0.2, 0.25) is 0 Å². The lowest BCUT2D eigenvalue weighted by molar-refractivity contribution is 0.218. The normalized spacial score (nSPS) is 35.5. The van der Waals surface area contributed by atoms with Gasteiger partial charge in [0, 0.05) is 12.0 Å². The van der Waals surface area contributed by atoms with Crippen LogP contribution in [-0.4, -0.2) is 16.2 Å². The number of hydrogen-bond donors (Lipinski definition) is 1. The van der Waals surface area contributed by atoms with Crippen molar-refractivity contribution >= 4 is 16.5 Å². The minimum atomic E-state index is 0.608. The number of nitrogens with one attached hydrogen (secondary N) is 1. The Kier molecular flexibility index (Phi) is 1.62. The molecule has 1 saturated carbocycles. The van der Waals surface area contributed by atoms with Gasteiger partial charge in [-0.2, -0.15) is 0 Å². The van der Waals surface area contributed by atoms with Gasteiger partial charge < -0.3 is 5.32 Å². The van der Waals surface area contributed by atoms with Gasteiger partial charge in [-0.1, -0.05) is 23.5 Å². The van der Waals surface area contributed by atoms with Crippen LogP contribution in [0.4, 0.5) is 5.13 Å². The van der Waals surface area contributed by atoms with Crippen molar-refractivity contribution in [2.45, 2.75) is 18.9 Å². The predicted octanol–water partition coefficient (Wildman–Crippen LogP) is 1.91. The lowest BCUT2D eigenvalue weighted by Gasteiger charge is -2.40. The molecule has 2 aliphatic carbocycles. The second-order valence-corrected chi connectivity index (χ2v) is 4.56. The number of hydrogen-bond acceptors (Lipinski definition) is 4. The van der Waals surface area contributed by atoms with Gasteiger partial charge >= 0.3 is 0 Å². The average molecular weight is 193 g/mol. The van der Waals surface area contributed by atoms with Crippen LogP contribution in [0.5, 0.6) is 0 Å². The molecule has 1 fully saturated rings. The number of fused-ring (bicyclic) bond motifs is 1. The van der Waals surface area contributed by atoms with Crippen LogP contribution in [0.15, 0.2) is 17.7 Å². The Morgan fingerprint density at radius 2 is 2.54 bits per heavy atom. The highest BCUT2D eigenvalue weighted by Gasteiger charge is 2.41. The Morgan fingerprint density at radius 3 is 3.31 bits per heavy atom. The van der Waals surface area contributed by atoms with Gasteiger partial charge in [0.05, 0.1) is 0 Å². The molecule has 0 aliphatic heterocycles. The quantitative estimate of drug-likeness (QED) is 0.729. The Labute approximate surface area is 80.9 Å². The van der Waals surface area contributed by atoms with Gasteiger partial charge in [-0.3, -0.25) is 0 Å². The molecule has 3 atom stereocenters. The largest absolute Gasteiger partial charge is 0.357 e. The van der Waals surface area contributed by atoms with Crippen molar-refractivity contribution in [3.63, 3.8) is 0 Å². The zero-order valence-corrected chi connectivity index (χ0v) is 8.00. The maximum absolute atomic E-state index is 3.99. The first-order chi connectivity index (χ1) is 6.43. The van der Waals surface area contributed by atoms with Crippen LogP contribution in [0.1, 0.15) is 12.8 Å². The van der Waals surface area contributed by atoms with E-state index in [-0.39, 0.29) is 0 Å². The number of allylic oxidation sites excluding steroid dienone is 1. The minimum Gasteiger partial charge on any atom is -0.357 e. The molecule has 13 heavy (non-hydrogen) atoms. The second-order valence-electron chi connectivity index (χ2n) is 3.73. The Balaban J connectivity index is 1.66. The molecule has 0 radical (unpaired) electrons. The fourth-order valence-electron chi connectivity index (χ4n) is 2.28. The molecule has 4 heteroatoms. The van der Waals surface area contributed by atoms with E-state index < -0.39 is 0 Å². The summed E-state index contributed by atoms with van der Waals surface area (Å²) in [6.07, 6.45) is 7.21. The Morgan fingerprint density at radius 1 is 1.54 bits per heavy atom. The van der Waals surface area contributed by atoms with Crippen molar-refractivity contribution in [2.75, 3.05) is 5.32 Å². The molecule has 3 rings (SSSR count). The summed E-state index contributed by atoms with van der Waals surface area (Å²) in [5, 5.41) is 12.2. The van der Waals surface area contributed by atoms with E-state index in [1.54, 1.807) is 16.8 Å². The van der Waals surface area contributed by atoms with Crippen LogP contribution in [-0.2, 0) is 0 Å². The summed E-state index contributed by atoms with van der Waals surface area (Å²) in [6.45, 7) is 0. The van der Waals surface area contributed by atoms with E-state index in [2.05, 4.69) is 27.7 Å². The summed E-state index contributed by atoms with van der Waals surface area (Å²) in [4.78, 5) is 0. The van der Waals surface area contributed by atoms with E-state index in [9.17, 15) is 0 Å². The molecule has 1 N–H and O–H groups in total. The highest BCUT2D eigenvalue weighted by molar-refractivity contribution is 7.13. The van der Waals surface area contributed by atoms with E-state index in [0.717, 1.165) is 17.0 Å². The molecule has 1 aromatic rings. The molecule has 0 bridgehead atoms. The molecule has 2 aliphatic rings. The van der Waals surface area contributed by atoms with Crippen LogP contribution in [0.3, 0.4) is 0 Å². The third-order valence-corrected chi connectivity index (χ3v) is 3.65. The molecule has 1 aromatic heterocycles. The van der Waals surface area contributed by atoms with Gasteiger partial charge in [0.15, 0.2) is 0 Å². The number of aromatic nitrogens is 2. The zero-order valence-electron chi connectivity index (χ0n) is 7.18. The lowest BCUT2D eigenvalue weighted by Crippen LogP contribution is -2.43. The topological polar surface area (TPSA) is 37.8 Å². The molecule has 68 valence electrons. The van der Waals surface area contributed by atoms with Crippen molar-refractivity contribution in [1.82, 2.24) is 10.2 Å². The predicted molar refractivity (Wildman–Crippen MR) is 52.7 cm³/mol. The number of nitrogens with zero attached hydrogens (tertiary/aromatic N) is 2. The van der Waals surface area contributed by atoms with Crippen molar-refractivity contribution in [3.05, 3.63) is 17.7 Å². The van der Waals surface area contributed by atoms with Gasteiger partial charge in [0.2, 0.25) is 5.13 Å². The van der Waals surface area contributed by atoms with Crippen molar-refractivity contribution in [1.29, 1.82) is 0 Å². The lowest BCUT2D eigenvalue weighted by atomic mass is 9.71. The molecular weight excluding hydrogens is 182 g/mol. The fourth-order valence-corrected chi connectivity index (χ4v) is 2.79. The van der Waals surface area contributed by atoms with Crippen molar-refractivity contribution in [3.8, 4) is 0 Å². The molecule has 3 unspecified atom stereocenters. The highest BCUT2D eigenvalue weighted by atomic mass is 32.1. The van der Waals surface area contributed by atoms with Crippen LogP contribution >= 0.6 is 11.3 Å². The third-order valence-electron chi connectivity index (χ3n) is 3.03. The first-order valence-corrected chi connectivity index (χ1v) is 5.51. The first kappa shape index (κ1) is 7.50. The monoisotopic (exact) mass is 193 g/mol. The fraction of sp³-hybridized carbons (Fsp3) is 0.556. The summed E-state index contributed by atoms with van der Waals surface area (Å²) in [5.41, 5.74) is 1.77. The summed E-state index contributed by atoms with van der Waals surface area (Å²) in [5.74, 6) is 1.66. The van der Waals surface area contributed by atoms with E-state index in [1.807, 2.05) is 0 Å². The van der Waals surface area contributed by atoms with E-state index in [4.69, 9.17) is 0 Å². The molecule has 0 amide bonds. The first-order valence-electron chi connectivity index (χ1n) is 4.63. The standard InChI is InChI=1S/C9H11N3S/c1-2-6-4-8(7(6)3-1)11-9-12-10-5-13-9/h1,3,5-8H,2,4H2,(H,11,12). The van der Waals surface area contributed by atoms with E-state index in [1.165, 1.54) is 12.8 Å². The SMILES string of the molecule is C1=CC2C(C1)CC2Nc1nncs1. The molecule has 1 heterocycles. The summed E-state index contributed by atoms with van der Waals surface area (Å²) in [7, 11) is 0. The zero-order chi connectivity index (χ0) is 8.67. The van der Waals surface area contributed by atoms with Crippen molar-refractivity contribution < 1.29 is 0 Å². The number of rotatable bonds is 2. The summed E-state index contributed by atoms with van der Waals surface area (Å²) < 4.78 is 0. The molecule has 0 saturated heterocycles. The second kappa shape index (κ2) is 2.80.